The zero-order valence-corrected chi connectivity index (χ0v) is 11.2. The highest BCUT2D eigenvalue weighted by Gasteiger charge is 2.15. The van der Waals surface area contributed by atoms with Crippen LogP contribution in [-0.2, 0) is 0 Å². The molecule has 0 atom stereocenters. The van der Waals surface area contributed by atoms with E-state index in [1.54, 1.807) is 12.1 Å². The van der Waals surface area contributed by atoms with E-state index in [4.69, 9.17) is 4.42 Å². The summed E-state index contributed by atoms with van der Waals surface area (Å²) in [6, 6.07) is 5.83. The van der Waals surface area contributed by atoms with Crippen molar-refractivity contribution in [3.8, 4) is 11.1 Å². The molecule has 3 rings (SSSR count). The number of H-pyrrole nitrogens is 1. The van der Waals surface area contributed by atoms with E-state index in [0.717, 1.165) is 6.08 Å². The molecule has 0 fully saturated rings. The topological polar surface area (TPSA) is 92.0 Å². The first-order valence-electron chi connectivity index (χ1n) is 6.28. The molecule has 6 nitrogen and oxygen atoms in total. The fourth-order valence-corrected chi connectivity index (χ4v) is 1.97. The number of carbonyl (C=O) groups is 1. The Morgan fingerprint density at radius 2 is 2.23 bits per heavy atom. The Morgan fingerprint density at radius 1 is 1.36 bits per heavy atom. The van der Waals surface area contributed by atoms with Gasteiger partial charge in [-0.05, 0) is 17.7 Å². The maximum Gasteiger partial charge on any atom is 0.226 e. The summed E-state index contributed by atoms with van der Waals surface area (Å²) in [6.07, 6.45) is 4.83. The van der Waals surface area contributed by atoms with Gasteiger partial charge in [0, 0.05) is 11.6 Å². The molecular formula is C15H10FN3O3. The number of hydrogen-bond acceptors (Lipinski definition) is 5. The van der Waals surface area contributed by atoms with Crippen molar-refractivity contribution >= 4 is 11.5 Å². The Morgan fingerprint density at radius 3 is 2.95 bits per heavy atom. The number of aromatic nitrogens is 3. The van der Waals surface area contributed by atoms with Crippen LogP contribution in [0.25, 0.3) is 16.9 Å². The number of nitrogens with one attached hydrogen (secondary N) is 1. The van der Waals surface area contributed by atoms with Gasteiger partial charge in [-0.25, -0.2) is 9.37 Å². The molecule has 7 heteroatoms. The van der Waals surface area contributed by atoms with Gasteiger partial charge in [0.05, 0.1) is 11.8 Å². The number of aliphatic hydroxyl groups excluding tert-OH is 1. The van der Waals surface area contributed by atoms with Crippen molar-refractivity contribution < 1.29 is 18.7 Å². The summed E-state index contributed by atoms with van der Waals surface area (Å²) in [7, 11) is 0. The highest BCUT2D eigenvalue weighted by Crippen LogP contribution is 2.29. The number of nitrogens with zero attached hydrogens (tertiary/aromatic N) is 2. The molecule has 0 unspecified atom stereocenters. The number of aromatic amines is 1. The highest BCUT2D eigenvalue weighted by atomic mass is 19.1. The first-order chi connectivity index (χ1) is 10.6. The summed E-state index contributed by atoms with van der Waals surface area (Å²) in [6.45, 7) is 0. The number of halogens is 1. The van der Waals surface area contributed by atoms with Crippen LogP contribution in [0.4, 0.5) is 4.39 Å². The number of rotatable bonds is 4. The third kappa shape index (κ3) is 2.64. The fourth-order valence-electron chi connectivity index (χ4n) is 1.97. The monoisotopic (exact) mass is 299 g/mol. The van der Waals surface area contributed by atoms with Crippen molar-refractivity contribution in [1.82, 2.24) is 15.2 Å². The first kappa shape index (κ1) is 13.7. The van der Waals surface area contributed by atoms with Gasteiger partial charge in [-0.2, -0.15) is 5.10 Å². The molecule has 0 radical (unpaired) electrons. The Labute approximate surface area is 123 Å². The van der Waals surface area contributed by atoms with Crippen LogP contribution in [0, 0.1) is 5.82 Å². The molecule has 110 valence electrons. The number of allylic oxidation sites excluding steroid dienone is 1. The zero-order chi connectivity index (χ0) is 15.5. The molecule has 2 aromatic heterocycles. The predicted octanol–water partition coefficient (Wildman–Crippen LogP) is 2.99. The van der Waals surface area contributed by atoms with Crippen LogP contribution in [0.1, 0.15) is 16.2 Å². The minimum Gasteiger partial charge on any atom is -0.507 e. The smallest absolute Gasteiger partial charge is 0.226 e. The van der Waals surface area contributed by atoms with E-state index >= 15 is 0 Å². The number of carbonyl (C=O) groups excluding carboxylic acids is 1. The fraction of sp³-hybridized carbons (Fsp3) is 0. The van der Waals surface area contributed by atoms with Gasteiger partial charge in [0.1, 0.15) is 24.2 Å². The van der Waals surface area contributed by atoms with Crippen molar-refractivity contribution in [3.05, 3.63) is 66.4 Å². The van der Waals surface area contributed by atoms with Crippen LogP contribution in [-0.4, -0.2) is 26.1 Å². The van der Waals surface area contributed by atoms with E-state index in [1.807, 2.05) is 0 Å². The molecule has 0 saturated heterocycles. The van der Waals surface area contributed by atoms with Crippen LogP contribution in [0.3, 0.4) is 0 Å². The molecule has 0 aliphatic carbocycles. The average Bonchev–Trinajstić information content (AvgIpc) is 3.18. The van der Waals surface area contributed by atoms with E-state index in [-0.39, 0.29) is 17.1 Å². The molecule has 0 saturated carbocycles. The number of hydrogen-bond donors (Lipinski definition) is 2. The second kappa shape index (κ2) is 5.65. The number of furan rings is 1. The lowest BCUT2D eigenvalue weighted by atomic mass is 10.0. The SMILES string of the molecule is O=C(C=C(O)c1cocc1-c1cccc(F)c1)c1ncn[nH]1. The lowest BCUT2D eigenvalue weighted by Crippen LogP contribution is -1.99. The van der Waals surface area contributed by atoms with Crippen LogP contribution in [0.2, 0.25) is 0 Å². The zero-order valence-electron chi connectivity index (χ0n) is 11.2. The van der Waals surface area contributed by atoms with E-state index in [1.165, 1.54) is 31.0 Å². The van der Waals surface area contributed by atoms with Gasteiger partial charge >= 0.3 is 0 Å². The average molecular weight is 299 g/mol. The second-order valence-electron chi connectivity index (χ2n) is 4.44. The van der Waals surface area contributed by atoms with Gasteiger partial charge in [0.15, 0.2) is 5.82 Å². The Hall–Kier alpha value is -3.22. The van der Waals surface area contributed by atoms with Crippen molar-refractivity contribution in [2.45, 2.75) is 0 Å². The van der Waals surface area contributed by atoms with Crippen molar-refractivity contribution in [3.63, 3.8) is 0 Å². The molecule has 2 heterocycles. The molecular weight excluding hydrogens is 289 g/mol. The lowest BCUT2D eigenvalue weighted by Gasteiger charge is -2.02. The molecule has 22 heavy (non-hydrogen) atoms. The molecule has 0 aliphatic rings. The van der Waals surface area contributed by atoms with E-state index in [2.05, 4.69) is 15.2 Å². The number of benzene rings is 1. The standard InChI is InChI=1S/C15H10FN3O3/c16-10-3-1-2-9(4-10)11-6-22-7-12(11)13(20)5-14(21)15-17-8-18-19-15/h1-8,20H,(H,17,18,19). The predicted molar refractivity (Wildman–Crippen MR) is 75.4 cm³/mol. The summed E-state index contributed by atoms with van der Waals surface area (Å²) in [5.41, 5.74) is 1.27. The van der Waals surface area contributed by atoms with Crippen molar-refractivity contribution in [2.75, 3.05) is 0 Å². The molecule has 0 bridgehead atoms. The molecule has 0 aliphatic heterocycles. The summed E-state index contributed by atoms with van der Waals surface area (Å²) in [5, 5.41) is 16.1. The largest absolute Gasteiger partial charge is 0.507 e. The van der Waals surface area contributed by atoms with E-state index in [0.29, 0.717) is 11.1 Å². The van der Waals surface area contributed by atoms with E-state index in [9.17, 15) is 14.3 Å². The van der Waals surface area contributed by atoms with Crippen molar-refractivity contribution in [2.24, 2.45) is 0 Å². The third-order valence-corrected chi connectivity index (χ3v) is 2.99. The summed E-state index contributed by atoms with van der Waals surface area (Å²) in [5.74, 6) is -1.26. The Balaban J connectivity index is 1.96. The summed E-state index contributed by atoms with van der Waals surface area (Å²) in [4.78, 5) is 15.6. The van der Waals surface area contributed by atoms with E-state index < -0.39 is 11.6 Å². The molecule has 2 N–H and O–H groups in total. The summed E-state index contributed by atoms with van der Waals surface area (Å²) >= 11 is 0. The lowest BCUT2D eigenvalue weighted by molar-refractivity contribution is 0.103. The normalized spacial score (nSPS) is 11.6. The number of ketones is 1. The van der Waals surface area contributed by atoms with Gasteiger partial charge in [-0.3, -0.25) is 9.89 Å². The van der Waals surface area contributed by atoms with Crippen LogP contribution < -0.4 is 0 Å². The Bertz CT molecular complexity index is 837. The van der Waals surface area contributed by atoms with Crippen LogP contribution in [0.15, 0.2) is 53.6 Å². The van der Waals surface area contributed by atoms with Crippen LogP contribution >= 0.6 is 0 Å². The van der Waals surface area contributed by atoms with Gasteiger partial charge in [0.2, 0.25) is 5.78 Å². The first-order valence-corrected chi connectivity index (χ1v) is 6.28. The minimum absolute atomic E-state index is 0.00218. The second-order valence-corrected chi connectivity index (χ2v) is 4.44. The van der Waals surface area contributed by atoms with Crippen molar-refractivity contribution in [1.29, 1.82) is 0 Å². The van der Waals surface area contributed by atoms with Gasteiger partial charge in [0.25, 0.3) is 0 Å². The van der Waals surface area contributed by atoms with Crippen LogP contribution in [0.5, 0.6) is 0 Å². The van der Waals surface area contributed by atoms with Gasteiger partial charge < -0.3 is 9.52 Å². The minimum atomic E-state index is -0.540. The molecule has 0 spiro atoms. The molecule has 1 aromatic carbocycles. The third-order valence-electron chi connectivity index (χ3n) is 2.99. The van der Waals surface area contributed by atoms with Gasteiger partial charge in [-0.1, -0.05) is 12.1 Å². The Kier molecular flexibility index (Phi) is 3.53. The number of aliphatic hydroxyl groups is 1. The maximum absolute atomic E-state index is 13.3. The highest BCUT2D eigenvalue weighted by molar-refractivity contribution is 6.05. The summed E-state index contributed by atoms with van der Waals surface area (Å²) < 4.78 is 18.4. The van der Waals surface area contributed by atoms with Gasteiger partial charge in [-0.15, -0.1) is 0 Å². The molecule has 0 amide bonds. The molecule has 3 aromatic rings. The maximum atomic E-state index is 13.3. The quantitative estimate of drug-likeness (QED) is 0.439.